The summed E-state index contributed by atoms with van der Waals surface area (Å²) >= 11 is 0. The Kier molecular flexibility index (Phi) is 4.76. The molecule has 0 aromatic heterocycles. The fourth-order valence-electron chi connectivity index (χ4n) is 2.71. The van der Waals surface area contributed by atoms with Crippen LogP contribution in [0.1, 0.15) is 30.4 Å². The third-order valence-electron chi connectivity index (χ3n) is 3.88. The number of hydrogen-bond donors (Lipinski definition) is 2. The topological polar surface area (TPSA) is 57.5 Å². The average Bonchev–Trinajstić information content (AvgIpc) is 2.49. The zero-order valence-electron chi connectivity index (χ0n) is 12.1. The molecule has 0 spiro atoms. The normalized spacial score (nSPS) is 15.1. The van der Waals surface area contributed by atoms with E-state index < -0.39 is 17.5 Å². The van der Waals surface area contributed by atoms with Crippen LogP contribution in [0.2, 0.25) is 0 Å². The second-order valence-corrected chi connectivity index (χ2v) is 5.30. The first-order valence-electron chi connectivity index (χ1n) is 7.11. The van der Waals surface area contributed by atoms with Gasteiger partial charge in [0.2, 0.25) is 0 Å². The second kappa shape index (κ2) is 6.55. The van der Waals surface area contributed by atoms with E-state index in [4.69, 9.17) is 0 Å². The maximum Gasteiger partial charge on any atom is 0.313 e. The van der Waals surface area contributed by atoms with Crippen LogP contribution in [0.15, 0.2) is 60.7 Å². The Morgan fingerprint density at radius 3 is 2.05 bits per heavy atom. The van der Waals surface area contributed by atoms with E-state index in [-0.39, 0.29) is 0 Å². The van der Waals surface area contributed by atoms with Crippen LogP contribution in [-0.2, 0) is 11.2 Å². The van der Waals surface area contributed by atoms with Gasteiger partial charge >= 0.3 is 5.97 Å². The van der Waals surface area contributed by atoms with Gasteiger partial charge in [-0.25, -0.2) is 0 Å². The summed E-state index contributed by atoms with van der Waals surface area (Å²) in [5.74, 6) is -1.94. The van der Waals surface area contributed by atoms with E-state index in [0.717, 1.165) is 5.56 Å². The molecular formula is C18H20O3. The van der Waals surface area contributed by atoms with Crippen LogP contribution < -0.4 is 0 Å². The predicted octanol–water partition coefficient (Wildman–Crippen LogP) is 3.24. The van der Waals surface area contributed by atoms with Crippen LogP contribution in [0.4, 0.5) is 0 Å². The largest absolute Gasteiger partial charge is 0.481 e. The minimum atomic E-state index is -1.31. The maximum atomic E-state index is 11.7. The molecule has 2 aromatic rings. The molecule has 0 radical (unpaired) electrons. The van der Waals surface area contributed by atoms with Gasteiger partial charge in [0.1, 0.15) is 5.92 Å². The van der Waals surface area contributed by atoms with Gasteiger partial charge < -0.3 is 10.2 Å². The van der Waals surface area contributed by atoms with Gasteiger partial charge in [0, 0.05) is 6.42 Å². The fourth-order valence-corrected chi connectivity index (χ4v) is 2.71. The first-order chi connectivity index (χ1) is 10.1. The first kappa shape index (κ1) is 15.3. The molecule has 2 aromatic carbocycles. The van der Waals surface area contributed by atoms with E-state index in [9.17, 15) is 15.0 Å². The fraction of sp³-hybridized carbons (Fsp3) is 0.278. The van der Waals surface area contributed by atoms with Crippen molar-refractivity contribution in [2.45, 2.75) is 31.3 Å². The molecule has 2 N–H and O–H groups in total. The number of benzene rings is 2. The molecule has 2 rings (SSSR count). The molecule has 0 heterocycles. The highest BCUT2D eigenvalue weighted by Gasteiger charge is 2.41. The lowest BCUT2D eigenvalue weighted by Crippen LogP contribution is -2.42. The van der Waals surface area contributed by atoms with Gasteiger partial charge in [0.25, 0.3) is 0 Å². The van der Waals surface area contributed by atoms with E-state index in [2.05, 4.69) is 0 Å². The minimum Gasteiger partial charge on any atom is -0.481 e. The van der Waals surface area contributed by atoms with Gasteiger partial charge in [-0.15, -0.1) is 0 Å². The number of carboxylic acid groups (broad SMARTS) is 1. The second-order valence-electron chi connectivity index (χ2n) is 5.30. The highest BCUT2D eigenvalue weighted by molar-refractivity contribution is 5.78. The summed E-state index contributed by atoms with van der Waals surface area (Å²) in [6.45, 7) is 1.82. The van der Waals surface area contributed by atoms with Crippen LogP contribution >= 0.6 is 0 Å². The molecule has 0 saturated heterocycles. The summed E-state index contributed by atoms with van der Waals surface area (Å²) in [5, 5.41) is 20.6. The number of aliphatic carboxylic acids is 1. The lowest BCUT2D eigenvalue weighted by atomic mass is 9.76. The Bertz CT molecular complexity index is 580. The maximum absolute atomic E-state index is 11.7. The molecule has 21 heavy (non-hydrogen) atoms. The molecule has 2 atom stereocenters. The standard InChI is InChI=1S/C18H20O3/c1-2-18(21,13-14-9-5-3-6-10-14)16(17(19)20)15-11-7-4-8-12-15/h3-12,16,21H,2,13H2,1H3,(H,19,20). The van der Waals surface area contributed by atoms with Gasteiger partial charge in [0.05, 0.1) is 5.60 Å². The van der Waals surface area contributed by atoms with Crippen molar-refractivity contribution in [2.75, 3.05) is 0 Å². The van der Waals surface area contributed by atoms with E-state index in [1.165, 1.54) is 0 Å². The quantitative estimate of drug-likeness (QED) is 0.856. The summed E-state index contributed by atoms with van der Waals surface area (Å²) in [6, 6.07) is 18.4. The van der Waals surface area contributed by atoms with Crippen LogP contribution in [0, 0.1) is 0 Å². The Labute approximate surface area is 124 Å². The van der Waals surface area contributed by atoms with Gasteiger partial charge in [-0.1, -0.05) is 67.6 Å². The third-order valence-corrected chi connectivity index (χ3v) is 3.88. The highest BCUT2D eigenvalue weighted by atomic mass is 16.4. The number of carboxylic acids is 1. The molecule has 0 aliphatic rings. The molecule has 3 heteroatoms. The molecule has 0 aliphatic carbocycles. The zero-order valence-corrected chi connectivity index (χ0v) is 12.1. The van der Waals surface area contributed by atoms with Gasteiger partial charge in [-0.3, -0.25) is 4.79 Å². The molecule has 2 unspecified atom stereocenters. The monoisotopic (exact) mass is 284 g/mol. The van der Waals surface area contributed by atoms with Crippen LogP contribution in [-0.4, -0.2) is 21.8 Å². The lowest BCUT2D eigenvalue weighted by molar-refractivity contribution is -0.146. The van der Waals surface area contributed by atoms with Crippen molar-refractivity contribution in [3.05, 3.63) is 71.8 Å². The van der Waals surface area contributed by atoms with Crippen LogP contribution in [0.25, 0.3) is 0 Å². The minimum absolute atomic E-state index is 0.316. The van der Waals surface area contributed by atoms with Crippen molar-refractivity contribution in [2.24, 2.45) is 0 Å². The van der Waals surface area contributed by atoms with Gasteiger partial charge in [-0.05, 0) is 17.5 Å². The number of aliphatic hydroxyl groups is 1. The highest BCUT2D eigenvalue weighted by Crippen LogP contribution is 2.34. The van der Waals surface area contributed by atoms with Crippen molar-refractivity contribution >= 4 is 5.97 Å². The van der Waals surface area contributed by atoms with Crippen molar-refractivity contribution in [3.63, 3.8) is 0 Å². The Morgan fingerprint density at radius 1 is 1.05 bits per heavy atom. The van der Waals surface area contributed by atoms with Crippen LogP contribution in [0.5, 0.6) is 0 Å². The number of carbonyl (C=O) groups is 1. The molecule has 0 saturated carbocycles. The third kappa shape index (κ3) is 3.50. The summed E-state index contributed by atoms with van der Waals surface area (Å²) in [6.07, 6.45) is 0.684. The Balaban J connectivity index is 2.37. The molecule has 0 aliphatic heterocycles. The molecule has 110 valence electrons. The molecule has 0 amide bonds. The number of rotatable bonds is 6. The summed E-state index contributed by atoms with van der Waals surface area (Å²) in [5.41, 5.74) is 0.253. The summed E-state index contributed by atoms with van der Waals surface area (Å²) in [7, 11) is 0. The first-order valence-corrected chi connectivity index (χ1v) is 7.11. The van der Waals surface area contributed by atoms with E-state index in [1.807, 2.05) is 43.3 Å². The Morgan fingerprint density at radius 2 is 1.57 bits per heavy atom. The van der Waals surface area contributed by atoms with E-state index in [1.54, 1.807) is 24.3 Å². The van der Waals surface area contributed by atoms with E-state index >= 15 is 0 Å². The number of hydrogen-bond acceptors (Lipinski definition) is 2. The molecular weight excluding hydrogens is 264 g/mol. The molecule has 0 fully saturated rings. The lowest BCUT2D eigenvalue weighted by Gasteiger charge is -2.33. The average molecular weight is 284 g/mol. The SMILES string of the molecule is CCC(O)(Cc1ccccc1)C(C(=O)O)c1ccccc1. The molecule has 0 bridgehead atoms. The molecule has 3 nitrogen and oxygen atoms in total. The summed E-state index contributed by atoms with van der Waals surface area (Å²) in [4.78, 5) is 11.7. The van der Waals surface area contributed by atoms with Gasteiger partial charge in [-0.2, -0.15) is 0 Å². The van der Waals surface area contributed by atoms with Crippen molar-refractivity contribution in [1.29, 1.82) is 0 Å². The van der Waals surface area contributed by atoms with Crippen molar-refractivity contribution in [1.82, 2.24) is 0 Å². The van der Waals surface area contributed by atoms with Crippen LogP contribution in [0.3, 0.4) is 0 Å². The summed E-state index contributed by atoms with van der Waals surface area (Å²) < 4.78 is 0. The predicted molar refractivity (Wildman–Crippen MR) is 82.2 cm³/mol. The van der Waals surface area contributed by atoms with Crippen molar-refractivity contribution in [3.8, 4) is 0 Å². The van der Waals surface area contributed by atoms with Gasteiger partial charge in [0.15, 0.2) is 0 Å². The Hall–Kier alpha value is -2.13. The zero-order chi connectivity index (χ0) is 15.3. The van der Waals surface area contributed by atoms with Crippen molar-refractivity contribution < 1.29 is 15.0 Å². The van der Waals surface area contributed by atoms with E-state index in [0.29, 0.717) is 18.4 Å². The smallest absolute Gasteiger partial charge is 0.313 e.